The quantitative estimate of drug-likeness (QED) is 0.142. The average molecular weight is 719 g/mol. The van der Waals surface area contributed by atoms with Crippen molar-refractivity contribution in [1.29, 1.82) is 0 Å². The van der Waals surface area contributed by atoms with Crippen LogP contribution in [0.25, 0.3) is 22.1 Å². The Labute approximate surface area is 302 Å². The molecule has 10 nitrogen and oxygen atoms in total. The van der Waals surface area contributed by atoms with E-state index in [9.17, 15) is 0 Å². The van der Waals surface area contributed by atoms with Crippen LogP contribution < -0.4 is 10.1 Å². The van der Waals surface area contributed by atoms with E-state index in [1.54, 1.807) is 13.4 Å². The van der Waals surface area contributed by atoms with Gasteiger partial charge in [-0.3, -0.25) is 0 Å². The highest BCUT2D eigenvalue weighted by Crippen LogP contribution is 2.48. The Balaban J connectivity index is 0.911. The summed E-state index contributed by atoms with van der Waals surface area (Å²) >= 11 is 12.4. The Hall–Kier alpha value is -3.41. The maximum atomic E-state index is 6.61. The normalized spacial score (nSPS) is 25.8. The first-order valence-corrected chi connectivity index (χ1v) is 18.4. The smallest absolute Gasteiger partial charge is 0.163 e. The molecule has 2 aliphatic carbocycles. The molecule has 1 aliphatic heterocycles. The molecule has 0 unspecified atom stereocenters. The number of aryl methyl sites for hydroxylation is 2. The molecule has 0 amide bonds. The molecular formula is C38H45Cl2N7O3. The standard InChI is InChI=1S/C38H45Cl2N7O3/c1-21-12-26(48-5)8-7-23(21)18-41-36-27-10-11-47(37(27)43-20-42-36)32-15-24(34-35(32)50-38(2,3)49-34)19-46(4)25-13-22(14-25)6-9-33-44-30-16-28(39)29(40)17-31(30)45-33/h7-8,10-12,16-17,20,22,24-25,32,34-35H,6,9,13-15,18-19H2,1-5H3,(H,44,45)(H,41,42,43)/t22?,24-,25?,32-,34-,35+/m1/s1. The number of rotatable bonds is 11. The molecule has 3 aromatic heterocycles. The lowest BCUT2D eigenvalue weighted by Crippen LogP contribution is -2.46. The van der Waals surface area contributed by atoms with E-state index >= 15 is 0 Å². The first-order chi connectivity index (χ1) is 24.0. The van der Waals surface area contributed by atoms with Gasteiger partial charge in [-0.05, 0) is 101 Å². The molecule has 5 aromatic rings. The van der Waals surface area contributed by atoms with Crippen molar-refractivity contribution < 1.29 is 14.2 Å². The lowest BCUT2D eigenvalue weighted by molar-refractivity contribution is -0.161. The highest BCUT2D eigenvalue weighted by atomic mass is 35.5. The van der Waals surface area contributed by atoms with Crippen molar-refractivity contribution in [2.45, 2.75) is 89.5 Å². The van der Waals surface area contributed by atoms with Crippen LogP contribution in [-0.4, -0.2) is 74.1 Å². The summed E-state index contributed by atoms with van der Waals surface area (Å²) in [4.78, 5) is 20.1. The van der Waals surface area contributed by atoms with Crippen molar-refractivity contribution in [3.63, 3.8) is 0 Å². The van der Waals surface area contributed by atoms with Gasteiger partial charge >= 0.3 is 0 Å². The van der Waals surface area contributed by atoms with E-state index < -0.39 is 5.79 Å². The van der Waals surface area contributed by atoms with Crippen LogP contribution in [-0.2, 0) is 22.4 Å². The first kappa shape index (κ1) is 33.7. The van der Waals surface area contributed by atoms with Gasteiger partial charge in [0, 0.05) is 37.7 Å². The SMILES string of the molecule is COc1ccc(CNc2ncnc3c2ccn3[C@@H]2C[C@H](CN(C)C3CC(CCc4nc5cc(Cl)c(Cl)cc5[nH]4)C3)[C@H]3OC(C)(C)O[C@H]32)c(C)c1. The maximum Gasteiger partial charge on any atom is 0.163 e. The molecule has 50 heavy (non-hydrogen) atoms. The zero-order chi connectivity index (χ0) is 34.7. The van der Waals surface area contributed by atoms with Gasteiger partial charge in [0.25, 0.3) is 0 Å². The minimum absolute atomic E-state index is 0.0262. The van der Waals surface area contributed by atoms with Crippen LogP contribution in [0, 0.1) is 18.8 Å². The molecule has 0 radical (unpaired) electrons. The Morgan fingerprint density at radius 2 is 1.86 bits per heavy atom. The molecule has 2 aromatic carbocycles. The number of ether oxygens (including phenoxy) is 3. The topological polar surface area (TPSA) is 102 Å². The minimum atomic E-state index is -0.624. The fraction of sp³-hybridized carbons (Fsp3) is 0.500. The number of benzene rings is 2. The number of aromatic nitrogens is 5. The number of anilines is 1. The van der Waals surface area contributed by atoms with Gasteiger partial charge in [0.2, 0.25) is 0 Å². The number of halogens is 2. The molecule has 264 valence electrons. The predicted octanol–water partition coefficient (Wildman–Crippen LogP) is 7.97. The van der Waals surface area contributed by atoms with Crippen molar-refractivity contribution in [2.24, 2.45) is 11.8 Å². The number of nitrogens with zero attached hydrogens (tertiary/aromatic N) is 5. The van der Waals surface area contributed by atoms with E-state index in [0.29, 0.717) is 34.5 Å². The first-order valence-electron chi connectivity index (χ1n) is 17.6. The highest BCUT2D eigenvalue weighted by Gasteiger charge is 2.55. The zero-order valence-electron chi connectivity index (χ0n) is 29.2. The van der Waals surface area contributed by atoms with Crippen molar-refractivity contribution in [1.82, 2.24) is 29.4 Å². The Kier molecular flexibility index (Phi) is 8.96. The molecule has 2 saturated carbocycles. The van der Waals surface area contributed by atoms with E-state index in [4.69, 9.17) is 47.4 Å². The molecule has 4 heterocycles. The number of nitrogens with one attached hydrogen (secondary N) is 2. The van der Waals surface area contributed by atoms with Gasteiger partial charge in [-0.15, -0.1) is 0 Å². The zero-order valence-corrected chi connectivity index (χ0v) is 30.8. The fourth-order valence-corrected chi connectivity index (χ4v) is 8.71. The van der Waals surface area contributed by atoms with Gasteiger partial charge in [-0.2, -0.15) is 0 Å². The lowest BCUT2D eigenvalue weighted by Gasteiger charge is -2.42. The van der Waals surface area contributed by atoms with Gasteiger partial charge in [0.1, 0.15) is 35.5 Å². The van der Waals surface area contributed by atoms with Crippen LogP contribution in [0.5, 0.6) is 5.75 Å². The molecule has 0 spiro atoms. The second-order valence-electron chi connectivity index (χ2n) is 14.9. The third-order valence-corrected chi connectivity index (χ3v) is 11.9. The molecule has 4 atom stereocenters. The van der Waals surface area contributed by atoms with Gasteiger partial charge in [0.05, 0.1) is 45.7 Å². The van der Waals surface area contributed by atoms with Crippen molar-refractivity contribution in [3.05, 3.63) is 75.9 Å². The van der Waals surface area contributed by atoms with Crippen LogP contribution in [0.3, 0.4) is 0 Å². The van der Waals surface area contributed by atoms with Crippen LogP contribution >= 0.6 is 23.2 Å². The third kappa shape index (κ3) is 6.45. The van der Waals surface area contributed by atoms with Crippen molar-refractivity contribution in [2.75, 3.05) is 26.0 Å². The number of hydrogen-bond donors (Lipinski definition) is 2. The number of imidazole rings is 1. The maximum absolute atomic E-state index is 6.61. The summed E-state index contributed by atoms with van der Waals surface area (Å²) in [5.41, 5.74) is 5.09. The van der Waals surface area contributed by atoms with Crippen molar-refractivity contribution >= 4 is 51.1 Å². The van der Waals surface area contributed by atoms with Crippen LogP contribution in [0.15, 0.2) is 48.9 Å². The summed E-state index contributed by atoms with van der Waals surface area (Å²) in [5.74, 6) is 3.10. The van der Waals surface area contributed by atoms with Crippen molar-refractivity contribution in [3.8, 4) is 5.75 Å². The summed E-state index contributed by atoms with van der Waals surface area (Å²) in [6.45, 7) is 7.80. The number of H-pyrrole nitrogens is 1. The lowest BCUT2D eigenvalue weighted by atomic mass is 9.76. The second kappa shape index (κ2) is 13.3. The molecule has 3 aliphatic rings. The Morgan fingerprint density at radius 1 is 1.06 bits per heavy atom. The minimum Gasteiger partial charge on any atom is -0.497 e. The van der Waals surface area contributed by atoms with Crippen LogP contribution in [0.2, 0.25) is 10.0 Å². The number of aromatic amines is 1. The summed E-state index contributed by atoms with van der Waals surface area (Å²) < 4.78 is 20.9. The van der Waals surface area contributed by atoms with Gasteiger partial charge in [-0.25, -0.2) is 15.0 Å². The monoisotopic (exact) mass is 717 g/mol. The fourth-order valence-electron chi connectivity index (χ4n) is 8.39. The molecule has 0 bridgehead atoms. The third-order valence-electron chi connectivity index (χ3n) is 11.1. The molecule has 3 fully saturated rings. The van der Waals surface area contributed by atoms with Crippen LogP contribution in [0.4, 0.5) is 5.82 Å². The number of hydrogen-bond acceptors (Lipinski definition) is 8. The highest BCUT2D eigenvalue weighted by molar-refractivity contribution is 6.42. The molecular weight excluding hydrogens is 673 g/mol. The Morgan fingerprint density at radius 3 is 2.66 bits per heavy atom. The summed E-state index contributed by atoms with van der Waals surface area (Å²) in [6.07, 6.45) is 9.19. The molecule has 2 N–H and O–H groups in total. The molecule has 8 rings (SSSR count). The van der Waals surface area contributed by atoms with Gasteiger partial charge in [0.15, 0.2) is 5.79 Å². The van der Waals surface area contributed by atoms with E-state index in [1.807, 2.05) is 32.0 Å². The predicted molar refractivity (Wildman–Crippen MR) is 197 cm³/mol. The van der Waals surface area contributed by atoms with E-state index in [2.05, 4.69) is 63.1 Å². The van der Waals surface area contributed by atoms with Gasteiger partial charge in [-0.1, -0.05) is 29.3 Å². The summed E-state index contributed by atoms with van der Waals surface area (Å²) in [5, 5.41) is 5.64. The number of fused-ring (bicyclic) bond motifs is 3. The summed E-state index contributed by atoms with van der Waals surface area (Å²) in [7, 11) is 3.97. The summed E-state index contributed by atoms with van der Waals surface area (Å²) in [6, 6.07) is 12.6. The van der Waals surface area contributed by atoms with E-state index in [0.717, 1.165) is 65.3 Å². The Bertz CT molecular complexity index is 1980. The number of methoxy groups -OCH3 is 1. The largest absolute Gasteiger partial charge is 0.497 e. The van der Waals surface area contributed by atoms with Gasteiger partial charge < -0.3 is 34.0 Å². The molecule has 1 saturated heterocycles. The van der Waals surface area contributed by atoms with E-state index in [-0.39, 0.29) is 18.2 Å². The average Bonchev–Trinajstić information content (AvgIpc) is 3.82. The van der Waals surface area contributed by atoms with Crippen LogP contribution in [0.1, 0.15) is 62.5 Å². The van der Waals surface area contributed by atoms with E-state index in [1.165, 1.54) is 24.0 Å². The molecule has 12 heteroatoms. The second-order valence-corrected chi connectivity index (χ2v) is 15.7.